The van der Waals surface area contributed by atoms with Crippen molar-refractivity contribution in [1.29, 1.82) is 0 Å². The zero-order valence-corrected chi connectivity index (χ0v) is 15.1. The minimum absolute atomic E-state index is 0.0421. The normalized spacial score (nSPS) is 10.5. The summed E-state index contributed by atoms with van der Waals surface area (Å²) in [7, 11) is 1.64. The van der Waals surface area contributed by atoms with Crippen molar-refractivity contribution in [1.82, 2.24) is 9.97 Å². The molecule has 0 aliphatic heterocycles. The second-order valence-electron chi connectivity index (χ2n) is 5.67. The molecule has 0 radical (unpaired) electrons. The predicted molar refractivity (Wildman–Crippen MR) is 102 cm³/mol. The van der Waals surface area contributed by atoms with Crippen molar-refractivity contribution in [2.45, 2.75) is 13.5 Å². The first-order chi connectivity index (χ1) is 12.5. The molecule has 0 saturated carbocycles. The maximum absolute atomic E-state index is 13.3. The first-order valence-corrected chi connectivity index (χ1v) is 8.36. The maximum atomic E-state index is 13.3. The summed E-state index contributed by atoms with van der Waals surface area (Å²) in [6, 6.07) is 14.0. The summed E-state index contributed by atoms with van der Waals surface area (Å²) in [5.74, 6) is 1.44. The summed E-state index contributed by atoms with van der Waals surface area (Å²) in [6.07, 6.45) is 0. The lowest BCUT2D eigenvalue weighted by molar-refractivity contribution is 0.414. The molecular weight excluding hydrogens is 355 g/mol. The molecule has 2 aromatic carbocycles. The van der Waals surface area contributed by atoms with Crippen LogP contribution in [0.1, 0.15) is 11.3 Å². The predicted octanol–water partition coefficient (Wildman–Crippen LogP) is 4.94. The summed E-state index contributed by atoms with van der Waals surface area (Å²) in [4.78, 5) is 8.78. The highest BCUT2D eigenvalue weighted by molar-refractivity contribution is 6.31. The van der Waals surface area contributed by atoms with Crippen LogP contribution >= 0.6 is 11.6 Å². The molecule has 0 unspecified atom stereocenters. The molecule has 0 bridgehead atoms. The van der Waals surface area contributed by atoms with Gasteiger partial charge in [-0.2, -0.15) is 4.98 Å². The number of hydrogen-bond donors (Lipinski definition) is 2. The Hall–Kier alpha value is -2.86. The van der Waals surface area contributed by atoms with Gasteiger partial charge < -0.3 is 15.4 Å². The Bertz CT molecular complexity index is 903. The fourth-order valence-corrected chi connectivity index (χ4v) is 2.53. The van der Waals surface area contributed by atoms with Crippen molar-refractivity contribution in [2.75, 3.05) is 17.7 Å². The smallest absolute Gasteiger partial charge is 0.229 e. The molecule has 0 saturated heterocycles. The number of halogens is 2. The van der Waals surface area contributed by atoms with E-state index < -0.39 is 5.82 Å². The van der Waals surface area contributed by atoms with Crippen molar-refractivity contribution < 1.29 is 9.13 Å². The molecule has 26 heavy (non-hydrogen) atoms. The van der Waals surface area contributed by atoms with E-state index in [4.69, 9.17) is 16.3 Å². The van der Waals surface area contributed by atoms with Crippen LogP contribution in [-0.4, -0.2) is 17.1 Å². The highest BCUT2D eigenvalue weighted by Gasteiger charge is 2.06. The van der Waals surface area contributed by atoms with Gasteiger partial charge in [0.2, 0.25) is 5.95 Å². The van der Waals surface area contributed by atoms with Crippen molar-refractivity contribution in [3.63, 3.8) is 0 Å². The molecule has 0 amide bonds. The zero-order chi connectivity index (χ0) is 18.5. The van der Waals surface area contributed by atoms with Gasteiger partial charge in [-0.15, -0.1) is 0 Å². The van der Waals surface area contributed by atoms with Crippen molar-refractivity contribution in [2.24, 2.45) is 0 Å². The molecule has 2 N–H and O–H groups in total. The minimum atomic E-state index is -0.468. The molecule has 0 fully saturated rings. The molecule has 0 atom stereocenters. The quantitative estimate of drug-likeness (QED) is 0.641. The van der Waals surface area contributed by atoms with Crippen molar-refractivity contribution >= 4 is 29.1 Å². The number of nitrogens with zero attached hydrogens (tertiary/aromatic N) is 2. The molecule has 3 rings (SSSR count). The van der Waals surface area contributed by atoms with Gasteiger partial charge in [-0.3, -0.25) is 0 Å². The highest BCUT2D eigenvalue weighted by atomic mass is 35.5. The number of hydrogen-bond acceptors (Lipinski definition) is 5. The van der Waals surface area contributed by atoms with Crippen LogP contribution in [0.3, 0.4) is 0 Å². The first-order valence-electron chi connectivity index (χ1n) is 7.98. The van der Waals surface area contributed by atoms with E-state index in [1.54, 1.807) is 13.2 Å². The van der Waals surface area contributed by atoms with Crippen molar-refractivity contribution in [3.8, 4) is 5.75 Å². The topological polar surface area (TPSA) is 59.1 Å². The van der Waals surface area contributed by atoms with Crippen LogP contribution < -0.4 is 15.4 Å². The Morgan fingerprint density at radius 3 is 2.54 bits per heavy atom. The number of methoxy groups -OCH3 is 1. The molecule has 0 aliphatic carbocycles. The lowest BCUT2D eigenvalue weighted by atomic mass is 10.2. The standard InChI is InChI=1S/C19H18ClFN4O/c1-12-9-18(22-11-13-3-6-15(26-2)7-4-13)25-19(23-12)24-14-5-8-17(21)16(20)10-14/h3-10H,11H2,1-2H3,(H2,22,23,24,25). The third-order valence-corrected chi connectivity index (χ3v) is 3.95. The van der Waals surface area contributed by atoms with E-state index in [0.29, 0.717) is 24.0 Å². The number of aromatic nitrogens is 2. The van der Waals surface area contributed by atoms with E-state index in [-0.39, 0.29) is 5.02 Å². The monoisotopic (exact) mass is 372 g/mol. The third-order valence-electron chi connectivity index (χ3n) is 3.66. The summed E-state index contributed by atoms with van der Waals surface area (Å²) >= 11 is 5.80. The Morgan fingerprint density at radius 1 is 1.08 bits per heavy atom. The van der Waals surface area contributed by atoms with Gasteiger partial charge in [0.25, 0.3) is 0 Å². The van der Waals surface area contributed by atoms with Gasteiger partial charge in [-0.1, -0.05) is 23.7 Å². The van der Waals surface area contributed by atoms with Crippen LogP contribution in [0.2, 0.25) is 5.02 Å². The SMILES string of the molecule is COc1ccc(CNc2cc(C)nc(Nc3ccc(F)c(Cl)c3)n2)cc1. The molecule has 5 nitrogen and oxygen atoms in total. The van der Waals surface area contributed by atoms with Crippen LogP contribution in [0.5, 0.6) is 5.75 Å². The summed E-state index contributed by atoms with van der Waals surface area (Å²) < 4.78 is 18.4. The second-order valence-corrected chi connectivity index (χ2v) is 6.08. The summed E-state index contributed by atoms with van der Waals surface area (Å²) in [5.41, 5.74) is 2.51. The molecular formula is C19H18ClFN4O. The van der Waals surface area contributed by atoms with Crippen LogP contribution in [0.25, 0.3) is 0 Å². The van der Waals surface area contributed by atoms with E-state index in [9.17, 15) is 4.39 Å². The third kappa shape index (κ3) is 4.61. The van der Waals surface area contributed by atoms with Gasteiger partial charge in [0.15, 0.2) is 0 Å². The van der Waals surface area contributed by atoms with Gasteiger partial charge in [-0.05, 0) is 42.8 Å². The van der Waals surface area contributed by atoms with Gasteiger partial charge in [0, 0.05) is 24.0 Å². The average Bonchev–Trinajstić information content (AvgIpc) is 2.63. The van der Waals surface area contributed by atoms with Gasteiger partial charge in [0.05, 0.1) is 12.1 Å². The molecule has 7 heteroatoms. The fourth-order valence-electron chi connectivity index (χ4n) is 2.35. The van der Waals surface area contributed by atoms with Gasteiger partial charge in [-0.25, -0.2) is 9.37 Å². The van der Waals surface area contributed by atoms with Crippen molar-refractivity contribution in [3.05, 3.63) is 70.6 Å². The van der Waals surface area contributed by atoms with E-state index in [0.717, 1.165) is 17.0 Å². The largest absolute Gasteiger partial charge is 0.497 e. The Kier molecular flexibility index (Phi) is 5.53. The van der Waals surface area contributed by atoms with Crippen LogP contribution in [0.15, 0.2) is 48.5 Å². The Labute approximate surface area is 156 Å². The second kappa shape index (κ2) is 8.01. The molecule has 0 spiro atoms. The number of rotatable bonds is 6. The molecule has 134 valence electrons. The molecule has 1 aromatic heterocycles. The maximum Gasteiger partial charge on any atom is 0.229 e. The molecule has 0 aliphatic rings. The van der Waals surface area contributed by atoms with Crippen LogP contribution in [0.4, 0.5) is 21.8 Å². The Balaban J connectivity index is 1.71. The fraction of sp³-hybridized carbons (Fsp3) is 0.158. The average molecular weight is 373 g/mol. The highest BCUT2D eigenvalue weighted by Crippen LogP contribution is 2.22. The van der Waals surface area contributed by atoms with E-state index in [1.807, 2.05) is 37.3 Å². The lowest BCUT2D eigenvalue weighted by Gasteiger charge is -2.11. The number of aryl methyl sites for hydroxylation is 1. The Morgan fingerprint density at radius 2 is 1.85 bits per heavy atom. The number of anilines is 3. The minimum Gasteiger partial charge on any atom is -0.497 e. The summed E-state index contributed by atoms with van der Waals surface area (Å²) in [6.45, 7) is 2.49. The molecule has 1 heterocycles. The van der Waals surface area contributed by atoms with Crippen LogP contribution in [-0.2, 0) is 6.54 Å². The van der Waals surface area contributed by atoms with Gasteiger partial charge >= 0.3 is 0 Å². The lowest BCUT2D eigenvalue weighted by Crippen LogP contribution is -2.05. The number of nitrogens with one attached hydrogen (secondary N) is 2. The molecule has 3 aromatic rings. The zero-order valence-electron chi connectivity index (χ0n) is 14.4. The van der Waals surface area contributed by atoms with E-state index in [1.165, 1.54) is 12.1 Å². The first kappa shape index (κ1) is 17.9. The van der Waals surface area contributed by atoms with E-state index in [2.05, 4.69) is 20.6 Å². The van der Waals surface area contributed by atoms with Gasteiger partial charge in [0.1, 0.15) is 17.4 Å². The van der Waals surface area contributed by atoms with Crippen LogP contribution in [0, 0.1) is 12.7 Å². The number of benzene rings is 2. The number of ether oxygens (including phenoxy) is 1. The summed E-state index contributed by atoms with van der Waals surface area (Å²) in [5, 5.41) is 6.35. The van der Waals surface area contributed by atoms with E-state index >= 15 is 0 Å².